The SMILES string of the molecule is CSc1ncc(-c2nnc(C)o2)c(NC2CCCC2)n1. The predicted octanol–water partition coefficient (Wildman–Crippen LogP) is 2.91. The number of aromatic nitrogens is 4. The Balaban J connectivity index is 1.94. The molecular formula is C13H17N5OS. The Morgan fingerprint density at radius 1 is 1.30 bits per heavy atom. The van der Waals surface area contributed by atoms with Crippen LogP contribution in [0.3, 0.4) is 0 Å². The molecule has 0 bridgehead atoms. The zero-order chi connectivity index (χ0) is 13.9. The zero-order valence-corrected chi connectivity index (χ0v) is 12.4. The zero-order valence-electron chi connectivity index (χ0n) is 11.6. The first-order chi connectivity index (χ1) is 9.76. The minimum absolute atomic E-state index is 0.468. The van der Waals surface area contributed by atoms with Gasteiger partial charge < -0.3 is 9.73 Å². The number of thioether (sulfide) groups is 1. The van der Waals surface area contributed by atoms with Crippen molar-refractivity contribution in [1.29, 1.82) is 0 Å². The van der Waals surface area contributed by atoms with Gasteiger partial charge in [0.15, 0.2) is 5.16 Å². The molecule has 0 amide bonds. The van der Waals surface area contributed by atoms with Crippen LogP contribution in [-0.4, -0.2) is 32.5 Å². The summed E-state index contributed by atoms with van der Waals surface area (Å²) in [6.07, 6.45) is 8.62. The van der Waals surface area contributed by atoms with Gasteiger partial charge in [-0.2, -0.15) is 0 Å². The molecule has 0 aliphatic heterocycles. The fourth-order valence-corrected chi connectivity index (χ4v) is 2.74. The lowest BCUT2D eigenvalue weighted by molar-refractivity contribution is 0.532. The Morgan fingerprint density at radius 3 is 2.75 bits per heavy atom. The molecule has 2 heterocycles. The van der Waals surface area contributed by atoms with E-state index in [2.05, 4.69) is 25.5 Å². The third-order valence-corrected chi connectivity index (χ3v) is 3.96. The van der Waals surface area contributed by atoms with Crippen molar-refractivity contribution in [1.82, 2.24) is 20.2 Å². The number of hydrogen-bond acceptors (Lipinski definition) is 7. The molecule has 0 aromatic carbocycles. The van der Waals surface area contributed by atoms with Gasteiger partial charge in [-0.05, 0) is 19.1 Å². The van der Waals surface area contributed by atoms with E-state index >= 15 is 0 Å². The fourth-order valence-electron chi connectivity index (χ4n) is 2.40. The molecule has 1 aliphatic carbocycles. The topological polar surface area (TPSA) is 76.7 Å². The second-order valence-electron chi connectivity index (χ2n) is 4.87. The Labute approximate surface area is 121 Å². The average molecular weight is 291 g/mol. The highest BCUT2D eigenvalue weighted by Crippen LogP contribution is 2.29. The van der Waals surface area contributed by atoms with Crippen LogP contribution in [0, 0.1) is 6.92 Å². The Kier molecular flexibility index (Phi) is 3.86. The molecule has 106 valence electrons. The molecule has 1 fully saturated rings. The maximum absolute atomic E-state index is 5.50. The molecule has 0 unspecified atom stereocenters. The van der Waals surface area contributed by atoms with E-state index in [9.17, 15) is 0 Å². The van der Waals surface area contributed by atoms with Gasteiger partial charge in [0.1, 0.15) is 5.82 Å². The maximum atomic E-state index is 5.50. The lowest BCUT2D eigenvalue weighted by Crippen LogP contribution is -2.16. The summed E-state index contributed by atoms with van der Waals surface area (Å²) in [6, 6.07) is 0.474. The lowest BCUT2D eigenvalue weighted by atomic mass is 10.2. The Hall–Kier alpha value is -1.63. The largest absolute Gasteiger partial charge is 0.421 e. The van der Waals surface area contributed by atoms with E-state index in [4.69, 9.17) is 4.42 Å². The van der Waals surface area contributed by atoms with E-state index in [0.29, 0.717) is 17.8 Å². The van der Waals surface area contributed by atoms with Gasteiger partial charge in [-0.1, -0.05) is 24.6 Å². The van der Waals surface area contributed by atoms with Crippen LogP contribution in [0.15, 0.2) is 15.8 Å². The monoisotopic (exact) mass is 291 g/mol. The Bertz CT molecular complexity index is 594. The summed E-state index contributed by atoms with van der Waals surface area (Å²) in [7, 11) is 0. The van der Waals surface area contributed by atoms with E-state index in [1.165, 1.54) is 37.4 Å². The number of nitrogens with one attached hydrogen (secondary N) is 1. The van der Waals surface area contributed by atoms with Crippen LogP contribution in [0.25, 0.3) is 11.5 Å². The molecular weight excluding hydrogens is 274 g/mol. The van der Waals surface area contributed by atoms with Crippen molar-refractivity contribution in [2.75, 3.05) is 11.6 Å². The molecule has 1 aliphatic rings. The third kappa shape index (κ3) is 2.77. The molecule has 6 nitrogen and oxygen atoms in total. The molecule has 1 saturated carbocycles. The van der Waals surface area contributed by atoms with Crippen LogP contribution in [0.4, 0.5) is 5.82 Å². The maximum Gasteiger partial charge on any atom is 0.253 e. The Morgan fingerprint density at radius 2 is 2.10 bits per heavy atom. The van der Waals surface area contributed by atoms with Crippen LogP contribution in [0.5, 0.6) is 0 Å². The van der Waals surface area contributed by atoms with Crippen molar-refractivity contribution in [3.63, 3.8) is 0 Å². The second kappa shape index (κ2) is 5.78. The molecule has 2 aromatic heterocycles. The standard InChI is InChI=1S/C13H17N5OS/c1-8-17-18-12(19-8)10-7-14-13(20-2)16-11(10)15-9-5-3-4-6-9/h7,9H,3-6H2,1-2H3,(H,14,15,16). The van der Waals surface area contributed by atoms with E-state index in [0.717, 1.165) is 16.5 Å². The van der Waals surface area contributed by atoms with Crippen molar-refractivity contribution in [2.24, 2.45) is 0 Å². The normalized spacial score (nSPS) is 15.7. The summed E-state index contributed by atoms with van der Waals surface area (Å²) in [4.78, 5) is 8.86. The number of aryl methyl sites for hydroxylation is 1. The summed E-state index contributed by atoms with van der Waals surface area (Å²) in [5, 5.41) is 12.2. The van der Waals surface area contributed by atoms with E-state index in [1.54, 1.807) is 13.1 Å². The first kappa shape index (κ1) is 13.4. The van der Waals surface area contributed by atoms with Crippen molar-refractivity contribution in [2.45, 2.75) is 43.8 Å². The molecule has 1 N–H and O–H groups in total. The molecule has 7 heteroatoms. The number of anilines is 1. The summed E-state index contributed by atoms with van der Waals surface area (Å²) in [5.41, 5.74) is 0.773. The molecule has 2 aromatic rings. The molecule has 0 atom stereocenters. The predicted molar refractivity (Wildman–Crippen MR) is 77.7 cm³/mol. The van der Waals surface area contributed by atoms with Gasteiger partial charge >= 0.3 is 0 Å². The van der Waals surface area contributed by atoms with Crippen LogP contribution in [0.2, 0.25) is 0 Å². The average Bonchev–Trinajstić information content (AvgIpc) is 3.10. The van der Waals surface area contributed by atoms with Crippen molar-refractivity contribution in [3.05, 3.63) is 12.1 Å². The molecule has 0 radical (unpaired) electrons. The highest BCUT2D eigenvalue weighted by molar-refractivity contribution is 7.98. The molecule has 3 rings (SSSR count). The van der Waals surface area contributed by atoms with Gasteiger partial charge in [-0.15, -0.1) is 10.2 Å². The second-order valence-corrected chi connectivity index (χ2v) is 5.64. The minimum Gasteiger partial charge on any atom is -0.421 e. The van der Waals surface area contributed by atoms with Gasteiger partial charge in [0.2, 0.25) is 5.89 Å². The molecule has 0 saturated heterocycles. The van der Waals surface area contributed by atoms with Gasteiger partial charge in [0.05, 0.1) is 5.56 Å². The number of nitrogens with zero attached hydrogens (tertiary/aromatic N) is 4. The molecule has 20 heavy (non-hydrogen) atoms. The number of rotatable bonds is 4. The summed E-state index contributed by atoms with van der Waals surface area (Å²) in [6.45, 7) is 1.78. The molecule has 0 spiro atoms. The first-order valence-corrected chi connectivity index (χ1v) is 7.97. The van der Waals surface area contributed by atoms with Gasteiger partial charge in [-0.25, -0.2) is 9.97 Å². The van der Waals surface area contributed by atoms with Crippen molar-refractivity contribution in [3.8, 4) is 11.5 Å². The van der Waals surface area contributed by atoms with Crippen LogP contribution < -0.4 is 5.32 Å². The highest BCUT2D eigenvalue weighted by Gasteiger charge is 2.20. The lowest BCUT2D eigenvalue weighted by Gasteiger charge is -2.14. The van der Waals surface area contributed by atoms with E-state index in [1.807, 2.05) is 6.26 Å². The van der Waals surface area contributed by atoms with Crippen LogP contribution >= 0.6 is 11.8 Å². The fraction of sp³-hybridized carbons (Fsp3) is 0.538. The van der Waals surface area contributed by atoms with E-state index in [-0.39, 0.29) is 0 Å². The van der Waals surface area contributed by atoms with Crippen molar-refractivity contribution >= 4 is 17.6 Å². The number of hydrogen-bond donors (Lipinski definition) is 1. The van der Waals surface area contributed by atoms with Gasteiger partial charge in [0.25, 0.3) is 5.89 Å². The van der Waals surface area contributed by atoms with Crippen molar-refractivity contribution < 1.29 is 4.42 Å². The third-order valence-electron chi connectivity index (χ3n) is 3.40. The summed E-state index contributed by atoms with van der Waals surface area (Å²) < 4.78 is 5.50. The summed E-state index contributed by atoms with van der Waals surface area (Å²) >= 11 is 1.52. The van der Waals surface area contributed by atoms with Crippen LogP contribution in [-0.2, 0) is 0 Å². The summed E-state index contributed by atoms with van der Waals surface area (Å²) in [5.74, 6) is 1.80. The first-order valence-electron chi connectivity index (χ1n) is 6.74. The van der Waals surface area contributed by atoms with Gasteiger partial charge in [0, 0.05) is 19.2 Å². The smallest absolute Gasteiger partial charge is 0.253 e. The highest BCUT2D eigenvalue weighted by atomic mass is 32.2. The minimum atomic E-state index is 0.468. The van der Waals surface area contributed by atoms with E-state index < -0.39 is 0 Å². The quantitative estimate of drug-likeness (QED) is 0.685. The van der Waals surface area contributed by atoms with Gasteiger partial charge in [-0.3, -0.25) is 0 Å². The van der Waals surface area contributed by atoms with Crippen LogP contribution in [0.1, 0.15) is 31.6 Å².